The maximum Gasteiger partial charge on any atom is 0.0431 e. The van der Waals surface area contributed by atoms with Gasteiger partial charge in [0.05, 0.1) is 0 Å². The summed E-state index contributed by atoms with van der Waals surface area (Å²) in [6, 6.07) is 8.32. The van der Waals surface area contributed by atoms with Crippen molar-refractivity contribution in [1.29, 1.82) is 0 Å². The molecule has 0 amide bonds. The van der Waals surface area contributed by atoms with Crippen LogP contribution >= 0.6 is 11.8 Å². The minimum Gasteiger partial charge on any atom is -0.396 e. The van der Waals surface area contributed by atoms with Crippen LogP contribution in [0.4, 0.5) is 0 Å². The van der Waals surface area contributed by atoms with Crippen LogP contribution in [-0.2, 0) is 0 Å². The maximum atomic E-state index is 8.86. The molecule has 0 radical (unpaired) electrons. The first kappa shape index (κ1) is 14.6. The number of benzene rings is 1. The molecule has 0 aliphatic carbocycles. The molecule has 0 aliphatic heterocycles. The van der Waals surface area contributed by atoms with Gasteiger partial charge in [-0.2, -0.15) is 0 Å². The molecule has 3 heteroatoms. The van der Waals surface area contributed by atoms with E-state index in [1.807, 2.05) is 17.8 Å². The molecule has 96 valence electrons. The highest BCUT2D eigenvalue weighted by molar-refractivity contribution is 8.00. The second-order valence-electron chi connectivity index (χ2n) is 5.22. The zero-order chi connectivity index (χ0) is 12.9. The Hall–Kier alpha value is -0.510. The number of nitrogens with two attached hydrogens (primary N) is 1. The van der Waals surface area contributed by atoms with E-state index in [0.29, 0.717) is 0 Å². The smallest absolute Gasteiger partial charge is 0.0431 e. The normalized spacial score (nSPS) is 13.7. The number of hydrogen-bond donors (Lipinski definition) is 2. The summed E-state index contributed by atoms with van der Waals surface area (Å²) in [6.07, 6.45) is 1.59. The highest BCUT2D eigenvalue weighted by Crippen LogP contribution is 2.36. The standard InChI is InChI=1S/C14H23NOS/c1-14(2,3)17-13-9-5-4-7-11(13)12(15)8-6-10-16/h4-5,7,9,12,16H,6,8,10,15H2,1-3H3/t12-/m0/s1. The molecule has 0 heterocycles. The summed E-state index contributed by atoms with van der Waals surface area (Å²) in [4.78, 5) is 1.26. The molecule has 0 bridgehead atoms. The highest BCUT2D eigenvalue weighted by atomic mass is 32.2. The Labute approximate surface area is 109 Å². The lowest BCUT2D eigenvalue weighted by atomic mass is 10.0. The number of thioether (sulfide) groups is 1. The van der Waals surface area contributed by atoms with Gasteiger partial charge >= 0.3 is 0 Å². The molecule has 17 heavy (non-hydrogen) atoms. The van der Waals surface area contributed by atoms with E-state index < -0.39 is 0 Å². The minimum atomic E-state index is 0.0215. The van der Waals surface area contributed by atoms with Gasteiger partial charge in [0.2, 0.25) is 0 Å². The van der Waals surface area contributed by atoms with Crippen molar-refractivity contribution in [3.63, 3.8) is 0 Å². The van der Waals surface area contributed by atoms with Crippen LogP contribution in [0, 0.1) is 0 Å². The van der Waals surface area contributed by atoms with Crippen molar-refractivity contribution < 1.29 is 5.11 Å². The van der Waals surface area contributed by atoms with Crippen LogP contribution in [0.2, 0.25) is 0 Å². The van der Waals surface area contributed by atoms with E-state index in [4.69, 9.17) is 10.8 Å². The van der Waals surface area contributed by atoms with Gasteiger partial charge in [0, 0.05) is 22.3 Å². The monoisotopic (exact) mass is 253 g/mol. The Kier molecular flexibility index (Phi) is 5.50. The predicted octanol–water partition coefficient (Wildman–Crippen LogP) is 3.35. The molecule has 0 spiro atoms. The molecule has 3 N–H and O–H groups in total. The van der Waals surface area contributed by atoms with E-state index in [-0.39, 0.29) is 17.4 Å². The molecule has 0 saturated heterocycles. The fourth-order valence-electron chi connectivity index (χ4n) is 1.68. The number of hydrogen-bond acceptors (Lipinski definition) is 3. The summed E-state index contributed by atoms with van der Waals surface area (Å²) in [6.45, 7) is 6.82. The van der Waals surface area contributed by atoms with Gasteiger partial charge < -0.3 is 10.8 Å². The predicted molar refractivity (Wildman–Crippen MR) is 75.3 cm³/mol. The van der Waals surface area contributed by atoms with Gasteiger partial charge in [-0.3, -0.25) is 0 Å². The van der Waals surface area contributed by atoms with Gasteiger partial charge in [0.15, 0.2) is 0 Å². The SMILES string of the molecule is CC(C)(C)Sc1ccccc1[C@@H](N)CCCO. The Bertz CT molecular complexity index is 346. The second kappa shape index (κ2) is 6.43. The van der Waals surface area contributed by atoms with Crippen LogP contribution < -0.4 is 5.73 Å². The summed E-state index contributed by atoms with van der Waals surface area (Å²) < 4.78 is 0.187. The molecule has 1 atom stereocenters. The lowest BCUT2D eigenvalue weighted by molar-refractivity contribution is 0.279. The second-order valence-corrected chi connectivity index (χ2v) is 7.09. The molecule has 1 aromatic carbocycles. The van der Waals surface area contributed by atoms with Gasteiger partial charge in [0.1, 0.15) is 0 Å². The maximum absolute atomic E-state index is 8.86. The van der Waals surface area contributed by atoms with Crippen molar-refractivity contribution in [2.24, 2.45) is 5.73 Å². The van der Waals surface area contributed by atoms with Gasteiger partial charge in [0.25, 0.3) is 0 Å². The molecule has 0 unspecified atom stereocenters. The average molecular weight is 253 g/mol. The van der Waals surface area contributed by atoms with Crippen LogP contribution in [0.25, 0.3) is 0 Å². The highest BCUT2D eigenvalue weighted by Gasteiger charge is 2.17. The molecule has 0 fully saturated rings. The van der Waals surface area contributed by atoms with Crippen molar-refractivity contribution in [2.75, 3.05) is 6.61 Å². The van der Waals surface area contributed by atoms with Crippen LogP contribution in [0.5, 0.6) is 0 Å². The van der Waals surface area contributed by atoms with Gasteiger partial charge in [-0.15, -0.1) is 11.8 Å². The molecular weight excluding hydrogens is 230 g/mol. The molecule has 1 rings (SSSR count). The van der Waals surface area contributed by atoms with Gasteiger partial charge in [-0.25, -0.2) is 0 Å². The molecule has 0 aliphatic rings. The van der Waals surface area contributed by atoms with Crippen molar-refractivity contribution in [1.82, 2.24) is 0 Å². The van der Waals surface area contributed by atoms with E-state index >= 15 is 0 Å². The first-order chi connectivity index (χ1) is 7.94. The summed E-state index contributed by atoms with van der Waals surface area (Å²) in [7, 11) is 0. The number of rotatable bonds is 5. The summed E-state index contributed by atoms with van der Waals surface area (Å²) in [5.74, 6) is 0. The van der Waals surface area contributed by atoms with E-state index in [1.165, 1.54) is 10.5 Å². The van der Waals surface area contributed by atoms with Crippen molar-refractivity contribution in [2.45, 2.75) is 49.3 Å². The van der Waals surface area contributed by atoms with Crippen LogP contribution in [0.1, 0.15) is 45.2 Å². The molecule has 2 nitrogen and oxygen atoms in total. The Morgan fingerprint density at radius 1 is 1.29 bits per heavy atom. The number of aliphatic hydroxyl groups excluding tert-OH is 1. The number of aliphatic hydroxyl groups is 1. The summed E-state index contributed by atoms with van der Waals surface area (Å²) in [5.41, 5.74) is 7.37. The van der Waals surface area contributed by atoms with Crippen LogP contribution in [0.3, 0.4) is 0 Å². The third kappa shape index (κ3) is 5.11. The largest absolute Gasteiger partial charge is 0.396 e. The zero-order valence-corrected chi connectivity index (χ0v) is 11.8. The Morgan fingerprint density at radius 2 is 1.94 bits per heavy atom. The van der Waals surface area contributed by atoms with Crippen LogP contribution in [0.15, 0.2) is 29.2 Å². The minimum absolute atomic E-state index is 0.0215. The lowest BCUT2D eigenvalue weighted by Gasteiger charge is -2.22. The van der Waals surface area contributed by atoms with Gasteiger partial charge in [-0.05, 0) is 24.5 Å². The molecular formula is C14H23NOS. The topological polar surface area (TPSA) is 46.2 Å². The zero-order valence-electron chi connectivity index (χ0n) is 10.9. The summed E-state index contributed by atoms with van der Waals surface area (Å²) >= 11 is 1.85. The van der Waals surface area contributed by atoms with Gasteiger partial charge in [-0.1, -0.05) is 39.0 Å². The van der Waals surface area contributed by atoms with E-state index in [0.717, 1.165) is 12.8 Å². The fourth-order valence-corrected chi connectivity index (χ4v) is 2.82. The average Bonchev–Trinajstić information content (AvgIpc) is 2.24. The van der Waals surface area contributed by atoms with Crippen LogP contribution in [-0.4, -0.2) is 16.5 Å². The van der Waals surface area contributed by atoms with E-state index in [1.54, 1.807) is 0 Å². The molecule has 1 aromatic rings. The third-order valence-corrected chi connectivity index (χ3v) is 3.61. The fraction of sp³-hybridized carbons (Fsp3) is 0.571. The van der Waals surface area contributed by atoms with E-state index in [9.17, 15) is 0 Å². The van der Waals surface area contributed by atoms with Crippen molar-refractivity contribution >= 4 is 11.8 Å². The van der Waals surface area contributed by atoms with Crippen molar-refractivity contribution in [3.8, 4) is 0 Å². The summed E-state index contributed by atoms with van der Waals surface area (Å²) in [5, 5.41) is 8.86. The lowest BCUT2D eigenvalue weighted by Crippen LogP contribution is -2.14. The Morgan fingerprint density at radius 3 is 2.53 bits per heavy atom. The Balaban J connectivity index is 2.83. The van der Waals surface area contributed by atoms with Crippen molar-refractivity contribution in [3.05, 3.63) is 29.8 Å². The molecule has 0 saturated carbocycles. The third-order valence-electron chi connectivity index (χ3n) is 2.41. The first-order valence-corrected chi connectivity index (χ1v) is 6.90. The first-order valence-electron chi connectivity index (χ1n) is 6.08. The molecule has 0 aromatic heterocycles. The quantitative estimate of drug-likeness (QED) is 0.791. The van der Waals surface area contributed by atoms with E-state index in [2.05, 4.69) is 39.0 Å².